The Balaban J connectivity index is 1.65. The highest BCUT2D eigenvalue weighted by molar-refractivity contribution is 7.92. The summed E-state index contributed by atoms with van der Waals surface area (Å²) in [5.74, 6) is 0.699. The van der Waals surface area contributed by atoms with Crippen molar-refractivity contribution in [1.82, 2.24) is 4.98 Å². The number of hydrogen-bond donors (Lipinski definition) is 2. The summed E-state index contributed by atoms with van der Waals surface area (Å²) in [5, 5.41) is 3.21. The lowest BCUT2D eigenvalue weighted by Gasteiger charge is -2.13. The number of aryl methyl sites for hydroxylation is 2. The molecule has 1 unspecified atom stereocenters. The second-order valence-corrected chi connectivity index (χ2v) is 7.97. The molecular weight excluding hydrogens is 338 g/mol. The number of nitrogens with one attached hydrogen (secondary N) is 2. The molecule has 6 nitrogen and oxygen atoms in total. The number of aromatic nitrogens is 1. The van der Waals surface area contributed by atoms with Crippen LogP contribution in [-0.2, 0) is 14.8 Å². The van der Waals surface area contributed by atoms with Gasteiger partial charge in [0.2, 0.25) is 0 Å². The molecule has 1 saturated heterocycles. The van der Waals surface area contributed by atoms with Crippen LogP contribution in [0.5, 0.6) is 0 Å². The van der Waals surface area contributed by atoms with Crippen molar-refractivity contribution < 1.29 is 13.2 Å². The predicted octanol–water partition coefficient (Wildman–Crippen LogP) is 3.09. The molecule has 0 bridgehead atoms. The fourth-order valence-electron chi connectivity index (χ4n) is 2.89. The molecule has 3 rings (SSSR count). The monoisotopic (exact) mass is 361 g/mol. The number of hydrogen-bond acceptors (Lipinski definition) is 5. The van der Waals surface area contributed by atoms with E-state index >= 15 is 0 Å². The molecule has 0 aliphatic carbocycles. The van der Waals surface area contributed by atoms with Gasteiger partial charge < -0.3 is 10.1 Å². The molecule has 2 aromatic rings. The molecule has 1 atom stereocenters. The Morgan fingerprint density at radius 2 is 2.08 bits per heavy atom. The van der Waals surface area contributed by atoms with E-state index in [0.29, 0.717) is 18.1 Å². The number of ether oxygens (including phenoxy) is 1. The van der Waals surface area contributed by atoms with E-state index in [0.717, 1.165) is 30.6 Å². The summed E-state index contributed by atoms with van der Waals surface area (Å²) >= 11 is 0. The van der Waals surface area contributed by atoms with Gasteiger partial charge in [-0.05, 0) is 50.5 Å². The summed E-state index contributed by atoms with van der Waals surface area (Å²) in [6.07, 6.45) is 3.89. The van der Waals surface area contributed by atoms with Crippen LogP contribution in [0.2, 0.25) is 0 Å². The number of sulfonamides is 1. The van der Waals surface area contributed by atoms with Crippen molar-refractivity contribution >= 4 is 21.5 Å². The molecule has 2 heterocycles. The predicted molar refractivity (Wildman–Crippen MR) is 98.4 cm³/mol. The molecular formula is C18H23N3O3S. The van der Waals surface area contributed by atoms with Crippen molar-refractivity contribution in [2.24, 2.45) is 0 Å². The summed E-state index contributed by atoms with van der Waals surface area (Å²) in [6.45, 7) is 5.25. The summed E-state index contributed by atoms with van der Waals surface area (Å²) < 4.78 is 33.2. The Morgan fingerprint density at radius 3 is 2.72 bits per heavy atom. The molecule has 7 heteroatoms. The smallest absolute Gasteiger partial charge is 0.262 e. The third-order valence-corrected chi connectivity index (χ3v) is 5.71. The molecule has 0 radical (unpaired) electrons. The molecule has 0 amide bonds. The maximum atomic E-state index is 12.5. The molecule has 1 aromatic carbocycles. The highest BCUT2D eigenvalue weighted by atomic mass is 32.2. The van der Waals surface area contributed by atoms with Gasteiger partial charge in [-0.15, -0.1) is 0 Å². The summed E-state index contributed by atoms with van der Waals surface area (Å²) in [4.78, 5) is 4.54. The van der Waals surface area contributed by atoms with E-state index in [9.17, 15) is 8.42 Å². The summed E-state index contributed by atoms with van der Waals surface area (Å²) in [6, 6.07) is 8.72. The minimum Gasteiger partial charge on any atom is -0.376 e. The lowest BCUT2D eigenvalue weighted by molar-refractivity contribution is 0.120. The van der Waals surface area contributed by atoms with E-state index < -0.39 is 10.0 Å². The van der Waals surface area contributed by atoms with Crippen LogP contribution in [-0.4, -0.2) is 32.7 Å². The maximum Gasteiger partial charge on any atom is 0.262 e. The average Bonchev–Trinajstić information content (AvgIpc) is 3.07. The number of anilines is 2. The quantitative estimate of drug-likeness (QED) is 0.826. The van der Waals surface area contributed by atoms with Gasteiger partial charge in [-0.3, -0.25) is 4.72 Å². The molecule has 2 N–H and O–H groups in total. The third-order valence-electron chi connectivity index (χ3n) is 4.17. The molecule has 1 aliphatic rings. The Labute approximate surface area is 148 Å². The largest absolute Gasteiger partial charge is 0.376 e. The summed E-state index contributed by atoms with van der Waals surface area (Å²) in [7, 11) is -3.63. The van der Waals surface area contributed by atoms with Crippen LogP contribution in [0.1, 0.15) is 24.0 Å². The summed E-state index contributed by atoms with van der Waals surface area (Å²) in [5.41, 5.74) is 2.18. The minimum atomic E-state index is -3.63. The van der Waals surface area contributed by atoms with Gasteiger partial charge in [-0.2, -0.15) is 0 Å². The zero-order valence-corrected chi connectivity index (χ0v) is 15.3. The number of rotatable bonds is 6. The van der Waals surface area contributed by atoms with E-state index in [-0.39, 0.29) is 11.0 Å². The van der Waals surface area contributed by atoms with E-state index in [4.69, 9.17) is 4.74 Å². The zero-order chi connectivity index (χ0) is 17.9. The van der Waals surface area contributed by atoms with Crippen LogP contribution in [0.3, 0.4) is 0 Å². The molecule has 25 heavy (non-hydrogen) atoms. The van der Waals surface area contributed by atoms with Crippen molar-refractivity contribution in [3.63, 3.8) is 0 Å². The van der Waals surface area contributed by atoms with Gasteiger partial charge in [0.25, 0.3) is 10.0 Å². The fraction of sp³-hybridized carbons (Fsp3) is 0.389. The number of pyridine rings is 1. The fourth-order valence-corrected chi connectivity index (χ4v) is 4.16. The second-order valence-electron chi connectivity index (χ2n) is 6.32. The first-order valence-electron chi connectivity index (χ1n) is 8.36. The van der Waals surface area contributed by atoms with Crippen LogP contribution in [0.25, 0.3) is 0 Å². The Morgan fingerprint density at radius 1 is 1.24 bits per heavy atom. The van der Waals surface area contributed by atoms with Gasteiger partial charge in [-0.25, -0.2) is 13.4 Å². The van der Waals surface area contributed by atoms with Crippen LogP contribution >= 0.6 is 0 Å². The molecule has 1 fully saturated rings. The van der Waals surface area contributed by atoms with E-state index in [2.05, 4.69) is 15.0 Å². The molecule has 134 valence electrons. The average molecular weight is 361 g/mol. The van der Waals surface area contributed by atoms with Gasteiger partial charge in [0.1, 0.15) is 5.82 Å². The highest BCUT2D eigenvalue weighted by Crippen LogP contribution is 2.21. The van der Waals surface area contributed by atoms with E-state index in [1.807, 2.05) is 13.0 Å². The molecule has 1 aromatic heterocycles. The van der Waals surface area contributed by atoms with Crippen LogP contribution in [0.4, 0.5) is 11.5 Å². The minimum absolute atomic E-state index is 0.226. The standard InChI is InChI=1S/C18H23N3O3S/c1-13-5-7-17(14(2)10-13)25(22,23)21-15-6-8-18(19-11-15)20-12-16-4-3-9-24-16/h5-8,10-11,16,21H,3-4,9,12H2,1-2H3,(H,19,20). The van der Waals surface area contributed by atoms with Crippen molar-refractivity contribution in [3.05, 3.63) is 47.7 Å². The van der Waals surface area contributed by atoms with Crippen LogP contribution in [0, 0.1) is 13.8 Å². The first-order valence-corrected chi connectivity index (χ1v) is 9.84. The van der Waals surface area contributed by atoms with Gasteiger partial charge >= 0.3 is 0 Å². The first-order chi connectivity index (χ1) is 11.9. The highest BCUT2D eigenvalue weighted by Gasteiger charge is 2.17. The molecule has 1 aliphatic heterocycles. The van der Waals surface area contributed by atoms with Crippen LogP contribution in [0.15, 0.2) is 41.4 Å². The van der Waals surface area contributed by atoms with Crippen LogP contribution < -0.4 is 10.0 Å². The first kappa shape index (κ1) is 17.7. The SMILES string of the molecule is Cc1ccc(S(=O)(=O)Nc2ccc(NCC3CCCO3)nc2)c(C)c1. The Kier molecular flexibility index (Phi) is 5.24. The Bertz CT molecular complexity index is 829. The normalized spacial score (nSPS) is 17.4. The van der Waals surface area contributed by atoms with Crippen molar-refractivity contribution in [3.8, 4) is 0 Å². The maximum absolute atomic E-state index is 12.5. The zero-order valence-electron chi connectivity index (χ0n) is 14.5. The van der Waals surface area contributed by atoms with Crippen molar-refractivity contribution in [1.29, 1.82) is 0 Å². The second kappa shape index (κ2) is 7.41. The van der Waals surface area contributed by atoms with Crippen molar-refractivity contribution in [2.75, 3.05) is 23.2 Å². The topological polar surface area (TPSA) is 80.3 Å². The van der Waals surface area contributed by atoms with Gasteiger partial charge in [0, 0.05) is 13.2 Å². The Hall–Kier alpha value is -2.12. The lowest BCUT2D eigenvalue weighted by Crippen LogP contribution is -2.19. The van der Waals surface area contributed by atoms with Gasteiger partial charge in [0.05, 0.1) is 22.9 Å². The lowest BCUT2D eigenvalue weighted by atomic mass is 10.2. The molecule has 0 saturated carbocycles. The third kappa shape index (κ3) is 4.49. The van der Waals surface area contributed by atoms with E-state index in [1.165, 1.54) is 6.20 Å². The molecule has 0 spiro atoms. The van der Waals surface area contributed by atoms with Gasteiger partial charge in [0.15, 0.2) is 0 Å². The number of benzene rings is 1. The van der Waals surface area contributed by atoms with E-state index in [1.54, 1.807) is 31.2 Å². The van der Waals surface area contributed by atoms with Gasteiger partial charge in [-0.1, -0.05) is 17.7 Å². The number of nitrogens with zero attached hydrogens (tertiary/aromatic N) is 1. The van der Waals surface area contributed by atoms with Crippen molar-refractivity contribution in [2.45, 2.75) is 37.7 Å².